The number of hydrogen-bond acceptors (Lipinski definition) is 4. The number of hydrazone groups is 1. The summed E-state index contributed by atoms with van der Waals surface area (Å²) in [6.07, 6.45) is 3.41. The summed E-state index contributed by atoms with van der Waals surface area (Å²) in [6.45, 7) is 5.02. The van der Waals surface area contributed by atoms with Gasteiger partial charge in [-0.25, -0.2) is 5.43 Å². The first-order chi connectivity index (χ1) is 13.5. The third kappa shape index (κ3) is 4.88. The fourth-order valence-corrected chi connectivity index (χ4v) is 3.62. The normalized spacial score (nSPS) is 16.5. The second kappa shape index (κ2) is 9.16. The Kier molecular flexibility index (Phi) is 6.64. The van der Waals surface area contributed by atoms with Crippen molar-refractivity contribution in [3.8, 4) is 5.69 Å². The van der Waals surface area contributed by atoms with Crippen LogP contribution in [0.3, 0.4) is 0 Å². The molecule has 0 saturated carbocycles. The number of benzene rings is 1. The zero-order valence-electron chi connectivity index (χ0n) is 15.9. The maximum absolute atomic E-state index is 11.9. The van der Waals surface area contributed by atoms with Crippen molar-refractivity contribution in [1.29, 1.82) is 0 Å². The van der Waals surface area contributed by atoms with Gasteiger partial charge in [-0.05, 0) is 51.0 Å². The van der Waals surface area contributed by atoms with Gasteiger partial charge in [-0.15, -0.1) is 0 Å². The third-order valence-electron chi connectivity index (χ3n) is 4.63. The van der Waals surface area contributed by atoms with Crippen LogP contribution in [0.4, 0.5) is 0 Å². The van der Waals surface area contributed by atoms with E-state index < -0.39 is 11.8 Å². The molecule has 0 unspecified atom stereocenters. The van der Waals surface area contributed by atoms with Crippen molar-refractivity contribution in [2.45, 2.75) is 32.8 Å². The topological polar surface area (TPSA) is 84.7 Å². The van der Waals surface area contributed by atoms with Crippen LogP contribution in [-0.4, -0.2) is 41.9 Å². The van der Waals surface area contributed by atoms with Crippen molar-refractivity contribution in [3.05, 3.63) is 51.8 Å². The van der Waals surface area contributed by atoms with E-state index in [-0.39, 0.29) is 6.10 Å². The van der Waals surface area contributed by atoms with Gasteiger partial charge >= 0.3 is 11.8 Å². The van der Waals surface area contributed by atoms with Crippen molar-refractivity contribution < 1.29 is 14.3 Å². The van der Waals surface area contributed by atoms with Crippen LogP contribution in [-0.2, 0) is 14.3 Å². The molecule has 1 aromatic carbocycles. The van der Waals surface area contributed by atoms with Crippen LogP contribution in [0.25, 0.3) is 5.69 Å². The second-order valence-electron chi connectivity index (χ2n) is 6.69. The van der Waals surface area contributed by atoms with Gasteiger partial charge < -0.3 is 14.6 Å². The lowest BCUT2D eigenvalue weighted by Gasteiger charge is -2.10. The minimum atomic E-state index is -0.796. The number of amides is 2. The molecule has 2 N–H and O–H groups in total. The predicted octanol–water partition coefficient (Wildman–Crippen LogP) is 2.60. The molecule has 7 nitrogen and oxygen atoms in total. The molecular weight excluding hydrogens is 424 g/mol. The summed E-state index contributed by atoms with van der Waals surface area (Å²) in [6, 6.07) is 9.97. The van der Waals surface area contributed by atoms with E-state index in [1.165, 1.54) is 0 Å². The van der Waals surface area contributed by atoms with Gasteiger partial charge in [-0.3, -0.25) is 9.59 Å². The van der Waals surface area contributed by atoms with Crippen molar-refractivity contribution in [2.75, 3.05) is 13.2 Å². The predicted molar refractivity (Wildman–Crippen MR) is 111 cm³/mol. The lowest BCUT2D eigenvalue weighted by molar-refractivity contribution is -0.139. The molecule has 148 valence electrons. The standard InChI is InChI=1S/C20H23BrN4O3/c1-13-9-15(14(2)25(13)17-6-3-5-16(21)10-17)11-23-24-20(27)19(26)22-12-18-7-4-8-28-18/h3,5-6,9-11,18H,4,7-8,12H2,1-2H3,(H,22,26)(H,24,27)/b23-11-/t18-/m0/s1. The van der Waals surface area contributed by atoms with E-state index in [9.17, 15) is 9.59 Å². The van der Waals surface area contributed by atoms with Gasteiger partial charge in [-0.2, -0.15) is 5.10 Å². The summed E-state index contributed by atoms with van der Waals surface area (Å²) in [4.78, 5) is 23.7. The summed E-state index contributed by atoms with van der Waals surface area (Å²) in [5.41, 5.74) is 6.18. The summed E-state index contributed by atoms with van der Waals surface area (Å²) in [7, 11) is 0. The lowest BCUT2D eigenvalue weighted by atomic mass is 10.2. The van der Waals surface area contributed by atoms with Gasteiger partial charge in [0.15, 0.2) is 0 Å². The molecule has 0 aliphatic carbocycles. The Labute approximate surface area is 172 Å². The molecular formula is C20H23BrN4O3. The van der Waals surface area contributed by atoms with Crippen molar-refractivity contribution in [1.82, 2.24) is 15.3 Å². The number of aryl methyl sites for hydroxylation is 1. The minimum Gasteiger partial charge on any atom is -0.376 e. The van der Waals surface area contributed by atoms with E-state index in [1.54, 1.807) is 6.21 Å². The molecule has 2 amide bonds. The molecule has 8 heteroatoms. The van der Waals surface area contributed by atoms with Crippen molar-refractivity contribution in [2.24, 2.45) is 5.10 Å². The van der Waals surface area contributed by atoms with E-state index in [1.807, 2.05) is 44.2 Å². The molecule has 0 radical (unpaired) electrons. The first-order valence-electron chi connectivity index (χ1n) is 9.13. The molecule has 2 heterocycles. The molecule has 0 spiro atoms. The fraction of sp³-hybridized carbons (Fsp3) is 0.350. The minimum absolute atomic E-state index is 0.0105. The number of carbonyl (C=O) groups is 2. The van der Waals surface area contributed by atoms with Crippen LogP contribution in [0, 0.1) is 13.8 Å². The maximum atomic E-state index is 11.9. The first-order valence-corrected chi connectivity index (χ1v) is 9.92. The van der Waals surface area contributed by atoms with Crippen LogP contribution >= 0.6 is 15.9 Å². The monoisotopic (exact) mass is 446 g/mol. The van der Waals surface area contributed by atoms with E-state index >= 15 is 0 Å². The Morgan fingerprint density at radius 3 is 2.86 bits per heavy atom. The number of carbonyl (C=O) groups excluding carboxylic acids is 2. The molecule has 1 aliphatic heterocycles. The maximum Gasteiger partial charge on any atom is 0.329 e. The summed E-state index contributed by atoms with van der Waals surface area (Å²) < 4.78 is 8.51. The Balaban J connectivity index is 1.60. The largest absolute Gasteiger partial charge is 0.376 e. The SMILES string of the molecule is Cc1cc(/C=N\NC(=O)C(=O)NC[C@@H]2CCCO2)c(C)n1-c1cccc(Br)c1. The number of halogens is 1. The van der Waals surface area contributed by atoms with E-state index in [0.717, 1.165) is 40.0 Å². The number of rotatable bonds is 5. The van der Waals surface area contributed by atoms with E-state index in [0.29, 0.717) is 13.2 Å². The Bertz CT molecular complexity index is 901. The summed E-state index contributed by atoms with van der Waals surface area (Å²) in [5, 5.41) is 6.50. The van der Waals surface area contributed by atoms with Crippen LogP contribution in [0.15, 0.2) is 39.9 Å². The molecule has 1 fully saturated rings. The molecule has 28 heavy (non-hydrogen) atoms. The third-order valence-corrected chi connectivity index (χ3v) is 5.12. The number of hydrogen-bond donors (Lipinski definition) is 2. The quantitative estimate of drug-likeness (QED) is 0.420. The molecule has 3 rings (SSSR count). The average molecular weight is 447 g/mol. The zero-order valence-corrected chi connectivity index (χ0v) is 17.5. The van der Waals surface area contributed by atoms with Gasteiger partial charge in [0.25, 0.3) is 0 Å². The highest BCUT2D eigenvalue weighted by atomic mass is 79.9. The van der Waals surface area contributed by atoms with Crippen molar-refractivity contribution in [3.63, 3.8) is 0 Å². The zero-order chi connectivity index (χ0) is 20.1. The fourth-order valence-electron chi connectivity index (χ4n) is 3.23. The van der Waals surface area contributed by atoms with Gasteiger partial charge in [0.1, 0.15) is 0 Å². The smallest absolute Gasteiger partial charge is 0.329 e. The van der Waals surface area contributed by atoms with E-state index in [2.05, 4.69) is 36.3 Å². The molecule has 2 aromatic rings. The van der Waals surface area contributed by atoms with E-state index in [4.69, 9.17) is 4.74 Å². The summed E-state index contributed by atoms with van der Waals surface area (Å²) in [5.74, 6) is -1.51. The van der Waals surface area contributed by atoms with Crippen molar-refractivity contribution >= 4 is 34.0 Å². The molecule has 1 aliphatic rings. The van der Waals surface area contributed by atoms with Gasteiger partial charge in [0.2, 0.25) is 0 Å². The Morgan fingerprint density at radius 1 is 1.32 bits per heavy atom. The average Bonchev–Trinajstić information content (AvgIpc) is 3.27. The molecule has 1 aromatic heterocycles. The highest BCUT2D eigenvalue weighted by molar-refractivity contribution is 9.10. The summed E-state index contributed by atoms with van der Waals surface area (Å²) >= 11 is 3.49. The molecule has 0 bridgehead atoms. The highest BCUT2D eigenvalue weighted by Crippen LogP contribution is 2.22. The molecule has 1 saturated heterocycles. The number of aromatic nitrogens is 1. The Hall–Kier alpha value is -2.45. The number of nitrogens with zero attached hydrogens (tertiary/aromatic N) is 2. The highest BCUT2D eigenvalue weighted by Gasteiger charge is 2.19. The van der Waals surface area contributed by atoms with Crippen LogP contribution in [0.2, 0.25) is 0 Å². The van der Waals surface area contributed by atoms with Crippen LogP contribution in [0.5, 0.6) is 0 Å². The number of ether oxygens (including phenoxy) is 1. The van der Waals surface area contributed by atoms with Crippen LogP contribution < -0.4 is 10.7 Å². The lowest BCUT2D eigenvalue weighted by Crippen LogP contribution is -2.41. The van der Waals surface area contributed by atoms with Gasteiger partial charge in [-0.1, -0.05) is 22.0 Å². The van der Waals surface area contributed by atoms with Crippen LogP contribution in [0.1, 0.15) is 29.8 Å². The Morgan fingerprint density at radius 2 is 2.14 bits per heavy atom. The molecule has 1 atom stereocenters. The first kappa shape index (κ1) is 20.3. The number of nitrogens with one attached hydrogen (secondary N) is 2. The van der Waals surface area contributed by atoms with Gasteiger partial charge in [0, 0.05) is 40.3 Å². The second-order valence-corrected chi connectivity index (χ2v) is 7.60. The van der Waals surface area contributed by atoms with Gasteiger partial charge in [0.05, 0.1) is 12.3 Å².